The minimum Gasteiger partial charge on any atom is -0.207 e. The zero-order chi connectivity index (χ0) is 18.6. The van der Waals surface area contributed by atoms with Crippen LogP contribution < -0.4 is 0 Å². The predicted octanol–water partition coefficient (Wildman–Crippen LogP) is 5.27. The highest BCUT2D eigenvalue weighted by Gasteiger charge is 2.36. The first-order valence-electron chi connectivity index (χ1n) is 8.84. The Morgan fingerprint density at radius 3 is 1.35 bits per heavy atom. The Labute approximate surface area is 153 Å². The second-order valence-corrected chi connectivity index (χ2v) is 6.54. The van der Waals surface area contributed by atoms with Crippen LogP contribution in [0.15, 0.2) is 72.8 Å². The van der Waals surface area contributed by atoms with Gasteiger partial charge in [0.25, 0.3) is 0 Å². The van der Waals surface area contributed by atoms with Crippen LogP contribution in [-0.2, 0) is 5.41 Å². The van der Waals surface area contributed by atoms with Gasteiger partial charge in [0.05, 0.1) is 0 Å². The van der Waals surface area contributed by atoms with E-state index >= 15 is 0 Å². The van der Waals surface area contributed by atoms with Crippen LogP contribution in [0.2, 0.25) is 6.32 Å². The van der Waals surface area contributed by atoms with Crippen molar-refractivity contribution in [1.82, 2.24) is 0 Å². The monoisotopic (exact) mass is 352 g/mol. The fraction of sp³-hybridized carbons (Fsp3) is 0.182. The fourth-order valence-corrected chi connectivity index (χ4v) is 3.64. The topological polar surface area (TPSA) is 0 Å². The molecule has 0 aliphatic carbocycles. The third kappa shape index (κ3) is 3.55. The molecule has 0 N–H and O–H groups in total. The molecule has 3 aromatic carbocycles. The largest absolute Gasteiger partial charge is 0.207 e. The minimum absolute atomic E-state index is 0.365. The SMILES string of the molecule is BCCCC(c1cccc(F)c1)(c1cccc(F)c1)c1cccc(F)c1. The Balaban J connectivity index is 2.34. The molecular weight excluding hydrogens is 332 g/mol. The van der Waals surface area contributed by atoms with Crippen LogP contribution in [0.4, 0.5) is 13.2 Å². The van der Waals surface area contributed by atoms with E-state index in [-0.39, 0.29) is 17.5 Å². The van der Waals surface area contributed by atoms with E-state index in [1.54, 1.807) is 18.2 Å². The third-order valence-corrected chi connectivity index (χ3v) is 4.86. The van der Waals surface area contributed by atoms with Gasteiger partial charge in [-0.1, -0.05) is 49.1 Å². The molecule has 0 spiro atoms. The van der Waals surface area contributed by atoms with Crippen molar-refractivity contribution in [2.24, 2.45) is 0 Å². The maximum absolute atomic E-state index is 14.1. The third-order valence-electron chi connectivity index (χ3n) is 4.86. The average molecular weight is 352 g/mol. The lowest BCUT2D eigenvalue weighted by molar-refractivity contribution is 0.529. The van der Waals surface area contributed by atoms with Crippen LogP contribution >= 0.6 is 0 Å². The molecular formula is C22H20BF3. The van der Waals surface area contributed by atoms with Crippen molar-refractivity contribution in [2.75, 3.05) is 0 Å². The van der Waals surface area contributed by atoms with Gasteiger partial charge in [0.1, 0.15) is 25.3 Å². The van der Waals surface area contributed by atoms with Crippen LogP contribution in [-0.4, -0.2) is 7.85 Å². The summed E-state index contributed by atoms with van der Waals surface area (Å²) in [6.45, 7) is 0. The summed E-state index contributed by atoms with van der Waals surface area (Å²) in [6.07, 6.45) is 2.38. The van der Waals surface area contributed by atoms with Crippen molar-refractivity contribution >= 4 is 7.85 Å². The fourth-order valence-electron chi connectivity index (χ4n) is 3.64. The summed E-state index contributed by atoms with van der Waals surface area (Å²) in [4.78, 5) is 0. The van der Waals surface area contributed by atoms with E-state index < -0.39 is 5.41 Å². The molecule has 0 aliphatic heterocycles. The van der Waals surface area contributed by atoms with E-state index in [1.165, 1.54) is 36.4 Å². The second kappa shape index (κ2) is 7.82. The van der Waals surface area contributed by atoms with E-state index in [2.05, 4.69) is 7.85 Å². The van der Waals surface area contributed by atoms with Crippen molar-refractivity contribution in [3.05, 3.63) is 107 Å². The maximum Gasteiger partial charge on any atom is 0.123 e. The van der Waals surface area contributed by atoms with Crippen LogP contribution in [0.25, 0.3) is 0 Å². The molecule has 4 heteroatoms. The summed E-state index contributed by atoms with van der Waals surface area (Å²) < 4.78 is 42.2. The molecule has 0 saturated carbocycles. The van der Waals surface area contributed by atoms with E-state index in [1.807, 2.05) is 18.2 Å². The van der Waals surface area contributed by atoms with Gasteiger partial charge in [-0.2, -0.15) is 0 Å². The molecule has 0 bridgehead atoms. The smallest absolute Gasteiger partial charge is 0.123 e. The number of hydrogen-bond acceptors (Lipinski definition) is 0. The van der Waals surface area contributed by atoms with Gasteiger partial charge in [-0.25, -0.2) is 13.2 Å². The molecule has 132 valence electrons. The predicted molar refractivity (Wildman–Crippen MR) is 102 cm³/mol. The van der Waals surface area contributed by atoms with E-state index in [0.29, 0.717) is 23.1 Å². The number of benzene rings is 3. The molecule has 0 nitrogen and oxygen atoms in total. The van der Waals surface area contributed by atoms with Gasteiger partial charge in [-0.15, -0.1) is 0 Å². The molecule has 0 unspecified atom stereocenters. The Bertz CT molecular complexity index is 781. The highest BCUT2D eigenvalue weighted by Crippen LogP contribution is 2.44. The zero-order valence-electron chi connectivity index (χ0n) is 14.7. The van der Waals surface area contributed by atoms with Gasteiger partial charge < -0.3 is 0 Å². The molecule has 26 heavy (non-hydrogen) atoms. The van der Waals surface area contributed by atoms with Crippen molar-refractivity contribution in [1.29, 1.82) is 0 Å². The second-order valence-electron chi connectivity index (χ2n) is 6.54. The highest BCUT2D eigenvalue weighted by atomic mass is 19.1. The molecule has 0 saturated heterocycles. The first-order chi connectivity index (χ1) is 12.6. The molecule has 0 amide bonds. The average Bonchev–Trinajstić information content (AvgIpc) is 2.63. The van der Waals surface area contributed by atoms with Gasteiger partial charge in [0.2, 0.25) is 0 Å². The molecule has 3 aromatic rings. The Hall–Kier alpha value is -2.49. The lowest BCUT2D eigenvalue weighted by Crippen LogP contribution is -2.30. The minimum atomic E-state index is -0.817. The molecule has 0 radical (unpaired) electrons. The van der Waals surface area contributed by atoms with E-state index in [0.717, 1.165) is 12.7 Å². The first-order valence-corrected chi connectivity index (χ1v) is 8.84. The lowest BCUT2D eigenvalue weighted by atomic mass is 9.66. The normalized spacial score (nSPS) is 11.5. The molecule has 0 fully saturated rings. The van der Waals surface area contributed by atoms with Gasteiger partial charge in [0, 0.05) is 5.41 Å². The summed E-state index contributed by atoms with van der Waals surface area (Å²) in [5.74, 6) is -1.09. The number of halogens is 3. The molecule has 0 atom stereocenters. The number of hydrogen-bond donors (Lipinski definition) is 0. The molecule has 0 aliphatic rings. The summed E-state index contributed by atoms with van der Waals surface area (Å²) in [5, 5.41) is 0. The van der Waals surface area contributed by atoms with Crippen molar-refractivity contribution < 1.29 is 13.2 Å². The van der Waals surface area contributed by atoms with E-state index in [9.17, 15) is 13.2 Å². The van der Waals surface area contributed by atoms with Crippen LogP contribution in [0.1, 0.15) is 29.5 Å². The zero-order valence-corrected chi connectivity index (χ0v) is 14.7. The Morgan fingerprint density at radius 1 is 0.654 bits per heavy atom. The molecule has 0 heterocycles. The Kier molecular flexibility index (Phi) is 5.50. The summed E-state index contributed by atoms with van der Waals surface area (Å²) in [5.41, 5.74) is 1.27. The number of rotatable bonds is 6. The van der Waals surface area contributed by atoms with Crippen LogP contribution in [0.3, 0.4) is 0 Å². The first kappa shape index (κ1) is 18.3. The quantitative estimate of drug-likeness (QED) is 0.419. The molecule has 0 aromatic heterocycles. The van der Waals surface area contributed by atoms with Crippen molar-refractivity contribution in [3.63, 3.8) is 0 Å². The van der Waals surface area contributed by atoms with Crippen LogP contribution in [0, 0.1) is 17.5 Å². The van der Waals surface area contributed by atoms with Crippen molar-refractivity contribution in [3.8, 4) is 0 Å². The summed E-state index contributed by atoms with van der Waals surface area (Å²) in [6, 6.07) is 18.9. The standard InChI is InChI=1S/C22H20BF3/c23-12-4-11-22(16-5-1-8-19(24)13-16,17-6-2-9-20(25)14-17)18-7-3-10-21(26)15-18/h1-3,5-10,13-15H,4,11-12,23H2. The lowest BCUT2D eigenvalue weighted by Gasteiger charge is -2.36. The molecule has 3 rings (SSSR count). The maximum atomic E-state index is 14.1. The van der Waals surface area contributed by atoms with Gasteiger partial charge in [0.15, 0.2) is 0 Å². The highest BCUT2D eigenvalue weighted by molar-refractivity contribution is 6.08. The van der Waals surface area contributed by atoms with Gasteiger partial charge in [-0.05, 0) is 59.5 Å². The Morgan fingerprint density at radius 2 is 1.04 bits per heavy atom. The van der Waals surface area contributed by atoms with Gasteiger partial charge in [-0.3, -0.25) is 0 Å². The summed E-state index contributed by atoms with van der Waals surface area (Å²) >= 11 is 0. The van der Waals surface area contributed by atoms with E-state index in [4.69, 9.17) is 0 Å². The van der Waals surface area contributed by atoms with Crippen LogP contribution in [0.5, 0.6) is 0 Å². The summed E-state index contributed by atoms with van der Waals surface area (Å²) in [7, 11) is 2.06. The van der Waals surface area contributed by atoms with Crippen molar-refractivity contribution in [2.45, 2.75) is 24.6 Å². The van der Waals surface area contributed by atoms with Gasteiger partial charge >= 0.3 is 0 Å².